The topological polar surface area (TPSA) is 60.7 Å². The fraction of sp³-hybridized carbons (Fsp3) is 0.867. The van der Waals surface area contributed by atoms with Gasteiger partial charge in [-0.25, -0.2) is 0 Å². The SMILES string of the molecule is CC(C)=CCC[C@@H](CO)[C@H]1C[C@H](O)[C@@]2(C)C3=C(CC[C@]12C)[C@@]1(C)CC[C@H](O)C(C)(C)C1CC3. The minimum absolute atomic E-state index is 0.0243. The van der Waals surface area contributed by atoms with Crippen LogP contribution in [0.1, 0.15) is 106 Å². The highest BCUT2D eigenvalue weighted by atomic mass is 16.3. The summed E-state index contributed by atoms with van der Waals surface area (Å²) in [6.45, 7) is 16.3. The third-order valence-electron chi connectivity index (χ3n) is 11.8. The first kappa shape index (κ1) is 25.5. The van der Waals surface area contributed by atoms with Crippen LogP contribution in [0.3, 0.4) is 0 Å². The Morgan fingerprint density at radius 1 is 0.970 bits per heavy atom. The zero-order valence-corrected chi connectivity index (χ0v) is 22.4. The molecule has 3 heteroatoms. The van der Waals surface area contributed by atoms with Crippen LogP contribution in [0.2, 0.25) is 0 Å². The fourth-order valence-corrected chi connectivity index (χ4v) is 9.48. The van der Waals surface area contributed by atoms with E-state index in [1.165, 1.54) is 5.57 Å². The third-order valence-corrected chi connectivity index (χ3v) is 11.8. The highest BCUT2D eigenvalue weighted by Gasteiger charge is 2.66. The third kappa shape index (κ3) is 3.54. The van der Waals surface area contributed by atoms with Crippen LogP contribution in [0.15, 0.2) is 22.8 Å². The molecule has 0 aromatic heterocycles. The summed E-state index contributed by atoms with van der Waals surface area (Å²) in [6, 6.07) is 0. The van der Waals surface area contributed by atoms with Crippen molar-refractivity contribution in [3.05, 3.63) is 22.8 Å². The van der Waals surface area contributed by atoms with Crippen LogP contribution >= 0.6 is 0 Å². The number of rotatable bonds is 5. The maximum Gasteiger partial charge on any atom is 0.0639 e. The standard InChI is InChI=1S/C30H50O3/c1-19(2)9-8-10-20(18-31)23-17-26(33)30(7)22-11-12-24-27(3,4)25(32)14-15-28(24,5)21(22)13-16-29(23,30)6/h9,20,23-26,31-33H,8,10-18H2,1-7H3/t20-,23+,24?,25-,26-,28+,29+,30+/m0/s1. The summed E-state index contributed by atoms with van der Waals surface area (Å²) in [5, 5.41) is 32.9. The first-order valence-electron chi connectivity index (χ1n) is 13.7. The summed E-state index contributed by atoms with van der Waals surface area (Å²) in [7, 11) is 0. The van der Waals surface area contributed by atoms with E-state index in [1.54, 1.807) is 11.1 Å². The van der Waals surface area contributed by atoms with E-state index in [9.17, 15) is 15.3 Å². The Morgan fingerprint density at radius 3 is 2.30 bits per heavy atom. The number of hydrogen-bond donors (Lipinski definition) is 3. The molecule has 8 atom stereocenters. The van der Waals surface area contributed by atoms with Gasteiger partial charge in [0, 0.05) is 12.0 Å². The molecule has 3 nitrogen and oxygen atoms in total. The van der Waals surface area contributed by atoms with Crippen molar-refractivity contribution >= 4 is 0 Å². The summed E-state index contributed by atoms with van der Waals surface area (Å²) in [5.41, 5.74) is 4.42. The van der Waals surface area contributed by atoms with Gasteiger partial charge >= 0.3 is 0 Å². The van der Waals surface area contributed by atoms with Gasteiger partial charge in [0.1, 0.15) is 0 Å². The molecule has 4 aliphatic carbocycles. The summed E-state index contributed by atoms with van der Waals surface area (Å²) < 4.78 is 0. The van der Waals surface area contributed by atoms with Crippen molar-refractivity contribution in [1.29, 1.82) is 0 Å². The average Bonchev–Trinajstić information content (AvgIpc) is 2.95. The lowest BCUT2D eigenvalue weighted by atomic mass is 9.43. The van der Waals surface area contributed by atoms with Gasteiger partial charge in [-0.1, -0.05) is 57.4 Å². The quantitative estimate of drug-likeness (QED) is 0.416. The molecule has 1 unspecified atom stereocenters. The molecule has 0 heterocycles. The summed E-state index contributed by atoms with van der Waals surface area (Å²) in [5.74, 6) is 1.11. The summed E-state index contributed by atoms with van der Waals surface area (Å²) >= 11 is 0. The first-order chi connectivity index (χ1) is 15.3. The Hall–Kier alpha value is -0.640. The number of hydrogen-bond acceptors (Lipinski definition) is 3. The van der Waals surface area contributed by atoms with Crippen LogP contribution in [0.5, 0.6) is 0 Å². The molecular weight excluding hydrogens is 408 g/mol. The molecule has 4 aliphatic rings. The Kier molecular flexibility index (Phi) is 6.55. The second kappa shape index (κ2) is 8.49. The summed E-state index contributed by atoms with van der Waals surface area (Å²) in [6.07, 6.45) is 10.9. The van der Waals surface area contributed by atoms with Crippen LogP contribution < -0.4 is 0 Å². The van der Waals surface area contributed by atoms with Crippen molar-refractivity contribution in [3.63, 3.8) is 0 Å². The Balaban J connectivity index is 1.71. The molecule has 33 heavy (non-hydrogen) atoms. The molecule has 0 amide bonds. The average molecular weight is 459 g/mol. The maximum absolute atomic E-state index is 11.7. The van der Waals surface area contributed by atoms with E-state index >= 15 is 0 Å². The lowest BCUT2D eigenvalue weighted by Crippen LogP contribution is -2.56. The first-order valence-corrected chi connectivity index (χ1v) is 13.7. The van der Waals surface area contributed by atoms with E-state index in [2.05, 4.69) is 54.5 Å². The van der Waals surface area contributed by atoms with Crippen molar-refractivity contribution in [2.45, 2.75) is 118 Å². The predicted octanol–water partition coefficient (Wildman–Crippen LogP) is 6.42. The van der Waals surface area contributed by atoms with Crippen LogP contribution in [0.4, 0.5) is 0 Å². The van der Waals surface area contributed by atoms with Gasteiger partial charge in [-0.2, -0.15) is 0 Å². The molecule has 0 spiro atoms. The minimum Gasteiger partial charge on any atom is -0.396 e. The monoisotopic (exact) mass is 458 g/mol. The molecule has 0 saturated heterocycles. The molecule has 0 aromatic rings. The molecule has 4 rings (SSSR count). The Bertz CT molecular complexity index is 820. The summed E-state index contributed by atoms with van der Waals surface area (Å²) in [4.78, 5) is 0. The second-order valence-corrected chi connectivity index (χ2v) is 13.6. The van der Waals surface area contributed by atoms with Gasteiger partial charge in [-0.05, 0) is 106 Å². The molecule has 0 radical (unpaired) electrons. The van der Waals surface area contributed by atoms with Crippen molar-refractivity contribution in [1.82, 2.24) is 0 Å². The smallest absolute Gasteiger partial charge is 0.0639 e. The highest BCUT2D eigenvalue weighted by Crippen LogP contribution is 2.72. The molecule has 0 aliphatic heterocycles. The normalized spacial score (nSPS) is 45.2. The van der Waals surface area contributed by atoms with Crippen molar-refractivity contribution in [3.8, 4) is 0 Å². The van der Waals surface area contributed by atoms with Crippen LogP contribution in [0, 0.1) is 39.4 Å². The number of fused-ring (bicyclic) bond motifs is 4. The van der Waals surface area contributed by atoms with Gasteiger partial charge in [0.2, 0.25) is 0 Å². The fourth-order valence-electron chi connectivity index (χ4n) is 9.48. The minimum atomic E-state index is -0.336. The number of allylic oxidation sites excluding steroid dienone is 3. The molecule has 188 valence electrons. The van der Waals surface area contributed by atoms with Gasteiger partial charge < -0.3 is 15.3 Å². The largest absolute Gasteiger partial charge is 0.396 e. The zero-order valence-electron chi connectivity index (χ0n) is 22.4. The van der Waals surface area contributed by atoms with Gasteiger partial charge in [0.05, 0.1) is 12.2 Å². The molecular formula is C30H50O3. The Morgan fingerprint density at radius 2 is 1.67 bits per heavy atom. The van der Waals surface area contributed by atoms with E-state index < -0.39 is 0 Å². The molecule has 2 saturated carbocycles. The lowest BCUT2D eigenvalue weighted by Gasteiger charge is -2.62. The van der Waals surface area contributed by atoms with Gasteiger partial charge in [0.15, 0.2) is 0 Å². The predicted molar refractivity (Wildman–Crippen MR) is 136 cm³/mol. The van der Waals surface area contributed by atoms with Gasteiger partial charge in [-0.3, -0.25) is 0 Å². The second-order valence-electron chi connectivity index (χ2n) is 13.6. The highest BCUT2D eigenvalue weighted by molar-refractivity contribution is 5.40. The van der Waals surface area contributed by atoms with Crippen LogP contribution in [0.25, 0.3) is 0 Å². The Labute approximate surface area is 202 Å². The van der Waals surface area contributed by atoms with E-state index in [1.807, 2.05) is 0 Å². The molecule has 3 N–H and O–H groups in total. The van der Waals surface area contributed by atoms with Crippen LogP contribution in [-0.2, 0) is 0 Å². The molecule has 0 aromatic carbocycles. The van der Waals surface area contributed by atoms with E-state index in [0.717, 1.165) is 57.8 Å². The van der Waals surface area contributed by atoms with Crippen molar-refractivity contribution < 1.29 is 15.3 Å². The van der Waals surface area contributed by atoms with Crippen molar-refractivity contribution in [2.75, 3.05) is 6.61 Å². The lowest BCUT2D eigenvalue weighted by molar-refractivity contribution is -0.100. The van der Waals surface area contributed by atoms with E-state index in [-0.39, 0.29) is 46.4 Å². The van der Waals surface area contributed by atoms with E-state index in [0.29, 0.717) is 11.8 Å². The number of aliphatic hydroxyl groups excluding tert-OH is 3. The zero-order chi connectivity index (χ0) is 24.4. The van der Waals surface area contributed by atoms with Crippen molar-refractivity contribution in [2.24, 2.45) is 39.4 Å². The van der Waals surface area contributed by atoms with Gasteiger partial charge in [0.25, 0.3) is 0 Å². The van der Waals surface area contributed by atoms with E-state index in [4.69, 9.17) is 0 Å². The van der Waals surface area contributed by atoms with Gasteiger partial charge in [-0.15, -0.1) is 0 Å². The number of aliphatic hydroxyl groups is 3. The molecule has 2 fully saturated rings. The molecule has 0 bridgehead atoms. The maximum atomic E-state index is 11.7. The van der Waals surface area contributed by atoms with Crippen LogP contribution in [-0.4, -0.2) is 34.1 Å².